The molecule has 9 heteroatoms. The molecule has 2 atom stereocenters. The Bertz CT molecular complexity index is 523. The van der Waals surface area contributed by atoms with E-state index in [4.69, 9.17) is 0 Å². The molecular formula is C17H37N4O4P. The van der Waals surface area contributed by atoms with Gasteiger partial charge in [0.05, 0.1) is 42.6 Å². The van der Waals surface area contributed by atoms with E-state index in [0.29, 0.717) is 18.5 Å². The molecule has 0 saturated carbocycles. The monoisotopic (exact) mass is 392 g/mol. The van der Waals surface area contributed by atoms with Crippen LogP contribution in [0.4, 0.5) is 0 Å². The zero-order valence-corrected chi connectivity index (χ0v) is 18.7. The van der Waals surface area contributed by atoms with Gasteiger partial charge in [0.25, 0.3) is 0 Å². The van der Waals surface area contributed by atoms with Gasteiger partial charge < -0.3 is 18.9 Å². The van der Waals surface area contributed by atoms with Crippen molar-refractivity contribution in [2.45, 2.75) is 53.1 Å². The van der Waals surface area contributed by atoms with Crippen molar-refractivity contribution in [2.24, 2.45) is 0 Å². The van der Waals surface area contributed by atoms with Crippen LogP contribution < -0.4 is 9.79 Å². The highest BCUT2D eigenvalue weighted by molar-refractivity contribution is 7.43. The highest BCUT2D eigenvalue weighted by atomic mass is 31.2. The fourth-order valence-corrected chi connectivity index (χ4v) is 3.09. The van der Waals surface area contributed by atoms with Crippen LogP contribution in [0.2, 0.25) is 0 Å². The molecule has 0 aromatic heterocycles. The molecule has 2 rings (SSSR count). The lowest BCUT2D eigenvalue weighted by atomic mass is 10.3. The van der Waals surface area contributed by atoms with Gasteiger partial charge in [-0.05, 0) is 20.3 Å². The van der Waals surface area contributed by atoms with Gasteiger partial charge in [0.15, 0.2) is 0 Å². The van der Waals surface area contributed by atoms with Crippen molar-refractivity contribution in [3.63, 3.8) is 0 Å². The Morgan fingerprint density at radius 1 is 1.04 bits per heavy atom. The average Bonchev–Trinajstić information content (AvgIpc) is 2.90. The fraction of sp³-hybridized carbons (Fsp3) is 0.882. The standard InChI is InChI=1S/2C7H15N2.C3H9O4P/c2*1-6-5-8(3)7(2)9(6)4;1-2-3-7-8(4,5)6/h2*6H,5H2,1-4H3;2-3H2,1H3,(H2,4,5,6)/q2*+1;/p-2. The number of hydrogen-bond acceptors (Lipinski definition) is 6. The van der Waals surface area contributed by atoms with Gasteiger partial charge in [-0.25, -0.2) is 0 Å². The molecule has 2 aliphatic rings. The van der Waals surface area contributed by atoms with E-state index in [1.165, 1.54) is 24.8 Å². The van der Waals surface area contributed by atoms with Crippen LogP contribution >= 0.6 is 7.82 Å². The molecule has 2 heterocycles. The summed E-state index contributed by atoms with van der Waals surface area (Å²) in [6, 6.07) is 1.38. The number of phosphoric ester groups is 1. The van der Waals surface area contributed by atoms with E-state index >= 15 is 0 Å². The van der Waals surface area contributed by atoms with E-state index in [1.54, 1.807) is 6.92 Å². The molecular weight excluding hydrogens is 355 g/mol. The largest absolute Gasteiger partial charge is 0.790 e. The maximum atomic E-state index is 9.64. The Balaban J connectivity index is 0.000000362. The third-order valence-corrected chi connectivity index (χ3v) is 5.48. The number of hydrogen-bond donors (Lipinski definition) is 0. The maximum Gasteiger partial charge on any atom is 0.243 e. The first kappa shape index (κ1) is 25.1. The van der Waals surface area contributed by atoms with E-state index in [0.717, 1.165) is 0 Å². The van der Waals surface area contributed by atoms with Crippen LogP contribution in [-0.2, 0) is 9.09 Å². The number of likely N-dealkylation sites (N-methyl/N-ethyl adjacent to an activating group) is 4. The van der Waals surface area contributed by atoms with E-state index in [9.17, 15) is 14.4 Å². The second kappa shape index (κ2) is 11.0. The SMILES string of the molecule is CC1=[N+](C)CC(C)N1C.CC1=[N+](C)CC(C)N1C.CCCOP(=O)([O-])[O-]. The zero-order chi connectivity index (χ0) is 20.7. The normalized spacial score (nSPS) is 23.0. The van der Waals surface area contributed by atoms with Gasteiger partial charge in [-0.1, -0.05) is 6.92 Å². The van der Waals surface area contributed by atoms with E-state index < -0.39 is 7.82 Å². The minimum absolute atomic E-state index is 0.00965. The first-order valence-corrected chi connectivity index (χ1v) is 10.5. The van der Waals surface area contributed by atoms with Gasteiger partial charge in [0.2, 0.25) is 11.7 Å². The second-order valence-electron chi connectivity index (χ2n) is 7.06. The van der Waals surface area contributed by atoms with E-state index in [-0.39, 0.29) is 6.61 Å². The first-order valence-electron chi connectivity index (χ1n) is 9.03. The molecule has 154 valence electrons. The van der Waals surface area contributed by atoms with Crippen molar-refractivity contribution in [1.82, 2.24) is 9.80 Å². The van der Waals surface area contributed by atoms with Crippen LogP contribution in [-0.4, -0.2) is 90.6 Å². The lowest BCUT2D eigenvalue weighted by Gasteiger charge is -2.28. The Kier molecular flexibility index (Phi) is 10.6. The Morgan fingerprint density at radius 2 is 1.38 bits per heavy atom. The summed E-state index contributed by atoms with van der Waals surface area (Å²) in [6.45, 7) is 12.8. The molecule has 2 unspecified atom stereocenters. The molecule has 0 aromatic rings. The minimum Gasteiger partial charge on any atom is -0.790 e. The molecule has 0 fully saturated rings. The van der Waals surface area contributed by atoms with Gasteiger partial charge in [-0.3, -0.25) is 19.0 Å². The van der Waals surface area contributed by atoms with Gasteiger partial charge in [0.1, 0.15) is 25.2 Å². The predicted molar refractivity (Wildman–Crippen MR) is 102 cm³/mol. The molecule has 0 aromatic carbocycles. The number of nitrogens with zero attached hydrogens (tertiary/aromatic N) is 4. The third-order valence-electron chi connectivity index (χ3n) is 4.98. The molecule has 0 bridgehead atoms. The van der Waals surface area contributed by atoms with Crippen molar-refractivity contribution in [3.8, 4) is 0 Å². The lowest BCUT2D eigenvalue weighted by Crippen LogP contribution is -2.28. The summed E-state index contributed by atoms with van der Waals surface area (Å²) in [6.07, 6.45) is 0.536. The van der Waals surface area contributed by atoms with Gasteiger partial charge >= 0.3 is 0 Å². The molecule has 0 saturated heterocycles. The van der Waals surface area contributed by atoms with Gasteiger partial charge in [-0.2, -0.15) is 0 Å². The van der Waals surface area contributed by atoms with Crippen molar-refractivity contribution in [2.75, 3.05) is 47.9 Å². The van der Waals surface area contributed by atoms with Crippen LogP contribution in [0.25, 0.3) is 0 Å². The molecule has 0 spiro atoms. The number of amidine groups is 2. The van der Waals surface area contributed by atoms with Gasteiger partial charge in [0, 0.05) is 13.8 Å². The molecule has 0 N–H and O–H groups in total. The zero-order valence-electron chi connectivity index (χ0n) is 17.9. The predicted octanol–water partition coefficient (Wildman–Crippen LogP) is 0.00370. The molecule has 0 radical (unpaired) electrons. The summed E-state index contributed by atoms with van der Waals surface area (Å²) in [7, 11) is 3.87. The first-order chi connectivity index (χ1) is 11.8. The van der Waals surface area contributed by atoms with Crippen LogP contribution in [0, 0.1) is 0 Å². The van der Waals surface area contributed by atoms with Crippen molar-refractivity contribution in [3.05, 3.63) is 0 Å². The number of rotatable bonds is 3. The maximum absolute atomic E-state index is 9.64. The minimum atomic E-state index is -4.68. The quantitative estimate of drug-likeness (QED) is 0.497. The van der Waals surface area contributed by atoms with Crippen molar-refractivity contribution in [1.29, 1.82) is 0 Å². The molecule has 0 aliphatic carbocycles. The van der Waals surface area contributed by atoms with Crippen LogP contribution in [0.15, 0.2) is 0 Å². The fourth-order valence-electron chi connectivity index (χ4n) is 2.68. The summed E-state index contributed by atoms with van der Waals surface area (Å²) in [5, 5.41) is 0. The van der Waals surface area contributed by atoms with Crippen molar-refractivity contribution >= 4 is 19.5 Å². The highest BCUT2D eigenvalue weighted by Gasteiger charge is 2.28. The van der Waals surface area contributed by atoms with E-state index in [1.807, 2.05) is 0 Å². The lowest BCUT2D eigenvalue weighted by molar-refractivity contribution is -0.490. The summed E-state index contributed by atoms with van der Waals surface area (Å²) in [5.74, 6) is 2.75. The Hall–Kier alpha value is -0.950. The summed E-state index contributed by atoms with van der Waals surface area (Å²) < 4.78 is 18.0. The van der Waals surface area contributed by atoms with Crippen LogP contribution in [0.1, 0.15) is 41.0 Å². The third kappa shape index (κ3) is 8.62. The average molecular weight is 392 g/mol. The van der Waals surface area contributed by atoms with Gasteiger partial charge in [-0.15, -0.1) is 0 Å². The van der Waals surface area contributed by atoms with E-state index in [2.05, 4.69) is 79.4 Å². The Labute approximate surface area is 159 Å². The molecule has 8 nitrogen and oxygen atoms in total. The molecule has 0 amide bonds. The van der Waals surface area contributed by atoms with Crippen molar-refractivity contribution < 1.29 is 28.0 Å². The Morgan fingerprint density at radius 3 is 1.46 bits per heavy atom. The topological polar surface area (TPSA) is 84.9 Å². The smallest absolute Gasteiger partial charge is 0.243 e. The van der Waals surface area contributed by atoms with Crippen LogP contribution in [0.3, 0.4) is 0 Å². The summed E-state index contributed by atoms with van der Waals surface area (Å²) in [5.41, 5.74) is 0. The summed E-state index contributed by atoms with van der Waals surface area (Å²) in [4.78, 5) is 23.9. The molecule has 26 heavy (non-hydrogen) atoms. The highest BCUT2D eigenvalue weighted by Crippen LogP contribution is 2.23. The molecule has 2 aliphatic heterocycles. The second-order valence-corrected chi connectivity index (χ2v) is 8.21. The van der Waals surface area contributed by atoms with Crippen LogP contribution in [0.5, 0.6) is 0 Å². The summed E-state index contributed by atoms with van der Waals surface area (Å²) >= 11 is 0. The number of phosphoric acid groups is 1.